The number of carbonyl (C=O) groups is 2. The van der Waals surface area contributed by atoms with E-state index in [4.69, 9.17) is 11.6 Å². The predicted molar refractivity (Wildman–Crippen MR) is 75.7 cm³/mol. The summed E-state index contributed by atoms with van der Waals surface area (Å²) >= 11 is 9.35. The van der Waals surface area contributed by atoms with Crippen molar-refractivity contribution in [2.45, 2.75) is 13.3 Å². The molecular weight excluding hydrogens is 318 g/mol. The lowest BCUT2D eigenvalue weighted by atomic mass is 10.1. The van der Waals surface area contributed by atoms with Gasteiger partial charge in [-0.1, -0.05) is 40.9 Å². The Bertz CT molecular complexity index is 500. The Morgan fingerprint density at radius 2 is 2.11 bits per heavy atom. The minimum atomic E-state index is -0.452. The lowest BCUT2D eigenvalue weighted by Crippen LogP contribution is -2.34. The zero-order chi connectivity index (χ0) is 13.3. The number of ketones is 1. The van der Waals surface area contributed by atoms with E-state index in [0.717, 1.165) is 11.8 Å². The van der Waals surface area contributed by atoms with Crippen molar-refractivity contribution in [3.63, 3.8) is 0 Å². The SMILES string of the molecule is CCC(CBr)CN1C(=O)C(=O)c2ccc(Cl)cc21. The fourth-order valence-corrected chi connectivity index (χ4v) is 2.82. The molecule has 18 heavy (non-hydrogen) atoms. The van der Waals surface area contributed by atoms with Crippen molar-refractivity contribution in [3.05, 3.63) is 28.8 Å². The van der Waals surface area contributed by atoms with E-state index in [-0.39, 0.29) is 0 Å². The molecular formula is C13H13BrClNO2. The zero-order valence-electron chi connectivity index (χ0n) is 9.95. The van der Waals surface area contributed by atoms with Gasteiger partial charge in [0.25, 0.3) is 11.7 Å². The van der Waals surface area contributed by atoms with Gasteiger partial charge >= 0.3 is 0 Å². The van der Waals surface area contributed by atoms with E-state index in [1.54, 1.807) is 23.1 Å². The van der Waals surface area contributed by atoms with Crippen LogP contribution in [0.25, 0.3) is 0 Å². The molecule has 0 spiro atoms. The smallest absolute Gasteiger partial charge is 0.299 e. The molecule has 1 atom stereocenters. The summed E-state index contributed by atoms with van der Waals surface area (Å²) < 4.78 is 0. The molecule has 0 N–H and O–H groups in total. The van der Waals surface area contributed by atoms with Crippen LogP contribution in [-0.4, -0.2) is 23.6 Å². The number of amides is 1. The largest absolute Gasteiger partial charge is 0.304 e. The van der Waals surface area contributed by atoms with Crippen molar-refractivity contribution in [2.75, 3.05) is 16.8 Å². The van der Waals surface area contributed by atoms with Crippen LogP contribution in [0.3, 0.4) is 0 Å². The first-order valence-corrected chi connectivity index (χ1v) is 7.30. The zero-order valence-corrected chi connectivity index (χ0v) is 12.3. The topological polar surface area (TPSA) is 37.4 Å². The monoisotopic (exact) mass is 329 g/mol. The number of anilines is 1. The summed E-state index contributed by atoms with van der Waals surface area (Å²) in [6, 6.07) is 4.94. The van der Waals surface area contributed by atoms with Gasteiger partial charge in [0.1, 0.15) is 0 Å². The van der Waals surface area contributed by atoms with Crippen molar-refractivity contribution in [1.82, 2.24) is 0 Å². The Labute approximate surface area is 119 Å². The summed E-state index contributed by atoms with van der Waals surface area (Å²) in [4.78, 5) is 25.3. The first-order chi connectivity index (χ1) is 8.58. The quantitative estimate of drug-likeness (QED) is 0.627. The minimum Gasteiger partial charge on any atom is -0.304 e. The van der Waals surface area contributed by atoms with Crippen LogP contribution in [0.2, 0.25) is 5.02 Å². The molecule has 1 unspecified atom stereocenters. The molecule has 0 aliphatic carbocycles. The third-order valence-electron chi connectivity index (χ3n) is 3.17. The van der Waals surface area contributed by atoms with Crippen LogP contribution in [0.4, 0.5) is 5.69 Å². The van der Waals surface area contributed by atoms with E-state index in [0.29, 0.717) is 28.7 Å². The van der Waals surface area contributed by atoms with E-state index in [9.17, 15) is 9.59 Å². The molecule has 0 fully saturated rings. The van der Waals surface area contributed by atoms with Crippen LogP contribution in [0.5, 0.6) is 0 Å². The van der Waals surface area contributed by atoms with Crippen LogP contribution in [-0.2, 0) is 4.79 Å². The number of hydrogen-bond donors (Lipinski definition) is 0. The van der Waals surface area contributed by atoms with Gasteiger partial charge in [-0.2, -0.15) is 0 Å². The molecule has 0 radical (unpaired) electrons. The Morgan fingerprint density at radius 1 is 1.39 bits per heavy atom. The van der Waals surface area contributed by atoms with E-state index in [2.05, 4.69) is 22.9 Å². The summed E-state index contributed by atoms with van der Waals surface area (Å²) in [5, 5.41) is 1.34. The summed E-state index contributed by atoms with van der Waals surface area (Å²) in [5.74, 6) is -0.565. The molecule has 3 nitrogen and oxygen atoms in total. The Hall–Kier alpha value is -0.870. The molecule has 0 aromatic heterocycles. The first kappa shape index (κ1) is 13.6. The number of alkyl halides is 1. The highest BCUT2D eigenvalue weighted by atomic mass is 79.9. The molecule has 0 saturated carbocycles. The molecule has 0 bridgehead atoms. The molecule has 1 aromatic rings. The molecule has 1 aliphatic heterocycles. The van der Waals surface area contributed by atoms with Gasteiger partial charge < -0.3 is 4.90 Å². The highest BCUT2D eigenvalue weighted by molar-refractivity contribution is 9.09. The Balaban J connectivity index is 2.35. The second-order valence-corrected chi connectivity index (χ2v) is 5.42. The number of rotatable bonds is 4. The van der Waals surface area contributed by atoms with Gasteiger partial charge in [0.15, 0.2) is 0 Å². The van der Waals surface area contributed by atoms with Gasteiger partial charge in [-0.25, -0.2) is 0 Å². The van der Waals surface area contributed by atoms with Crippen LogP contribution in [0.15, 0.2) is 18.2 Å². The molecule has 96 valence electrons. The molecule has 1 amide bonds. The second-order valence-electron chi connectivity index (χ2n) is 4.33. The highest BCUT2D eigenvalue weighted by Gasteiger charge is 2.36. The molecule has 2 rings (SSSR count). The summed E-state index contributed by atoms with van der Waals surface area (Å²) in [5.41, 5.74) is 1.09. The van der Waals surface area contributed by atoms with Gasteiger partial charge in [-0.05, 0) is 24.1 Å². The van der Waals surface area contributed by atoms with Gasteiger partial charge in [0.2, 0.25) is 0 Å². The normalized spacial score (nSPS) is 16.1. The maximum absolute atomic E-state index is 12.0. The van der Waals surface area contributed by atoms with E-state index in [1.807, 2.05) is 0 Å². The summed E-state index contributed by atoms with van der Waals surface area (Å²) in [7, 11) is 0. The maximum Gasteiger partial charge on any atom is 0.299 e. The van der Waals surface area contributed by atoms with E-state index >= 15 is 0 Å². The lowest BCUT2D eigenvalue weighted by Gasteiger charge is -2.21. The van der Waals surface area contributed by atoms with Gasteiger partial charge in [-0.3, -0.25) is 9.59 Å². The molecule has 1 heterocycles. The molecule has 0 saturated heterocycles. The number of benzene rings is 1. The van der Waals surface area contributed by atoms with E-state index in [1.165, 1.54) is 0 Å². The number of hydrogen-bond acceptors (Lipinski definition) is 2. The van der Waals surface area contributed by atoms with Gasteiger partial charge in [0, 0.05) is 16.9 Å². The Kier molecular flexibility index (Phi) is 4.07. The third kappa shape index (κ3) is 2.31. The minimum absolute atomic E-state index is 0.326. The first-order valence-electron chi connectivity index (χ1n) is 5.80. The molecule has 1 aromatic carbocycles. The average Bonchev–Trinajstić information content (AvgIpc) is 2.60. The number of carbonyl (C=O) groups excluding carboxylic acids is 2. The summed E-state index contributed by atoms with van der Waals surface area (Å²) in [6.07, 6.45) is 0.944. The predicted octanol–water partition coefficient (Wildman–Crippen LogP) is 3.29. The van der Waals surface area contributed by atoms with Crippen molar-refractivity contribution >= 4 is 44.9 Å². The lowest BCUT2D eigenvalue weighted by molar-refractivity contribution is -0.114. The Morgan fingerprint density at radius 3 is 2.72 bits per heavy atom. The van der Waals surface area contributed by atoms with Crippen LogP contribution >= 0.6 is 27.5 Å². The average molecular weight is 331 g/mol. The van der Waals surface area contributed by atoms with Crippen molar-refractivity contribution in [3.8, 4) is 0 Å². The van der Waals surface area contributed by atoms with Crippen LogP contribution < -0.4 is 4.90 Å². The van der Waals surface area contributed by atoms with Gasteiger partial charge in [0.05, 0.1) is 11.3 Å². The van der Waals surface area contributed by atoms with Crippen molar-refractivity contribution in [2.24, 2.45) is 5.92 Å². The van der Waals surface area contributed by atoms with Crippen LogP contribution in [0, 0.1) is 5.92 Å². The maximum atomic E-state index is 12.0. The summed E-state index contributed by atoms with van der Waals surface area (Å²) in [6.45, 7) is 2.60. The van der Waals surface area contributed by atoms with Crippen LogP contribution in [0.1, 0.15) is 23.7 Å². The van der Waals surface area contributed by atoms with Crippen molar-refractivity contribution < 1.29 is 9.59 Å². The van der Waals surface area contributed by atoms with Crippen molar-refractivity contribution in [1.29, 1.82) is 0 Å². The van der Waals surface area contributed by atoms with E-state index < -0.39 is 11.7 Å². The molecule has 5 heteroatoms. The number of fused-ring (bicyclic) bond motifs is 1. The number of nitrogens with zero attached hydrogens (tertiary/aromatic N) is 1. The fraction of sp³-hybridized carbons (Fsp3) is 0.385. The molecule has 1 aliphatic rings. The number of Topliss-reactive ketones (excluding diaryl/α,β-unsaturated/α-hetero) is 1. The third-order valence-corrected chi connectivity index (χ3v) is 4.32. The fourth-order valence-electron chi connectivity index (χ4n) is 1.99. The highest BCUT2D eigenvalue weighted by Crippen LogP contribution is 2.32. The van der Waals surface area contributed by atoms with Gasteiger partial charge in [-0.15, -0.1) is 0 Å². The standard InChI is InChI=1S/C13H13BrClNO2/c1-2-8(6-14)7-16-11-5-9(15)3-4-10(11)12(17)13(16)18/h3-5,8H,2,6-7H2,1H3. The second kappa shape index (κ2) is 5.41. The number of halogens is 2.